The first-order valence-electron chi connectivity index (χ1n) is 8.93. The van der Waals surface area contributed by atoms with E-state index < -0.39 is 7.14 Å². The highest BCUT2D eigenvalue weighted by Crippen LogP contribution is 2.46. The van der Waals surface area contributed by atoms with Crippen molar-refractivity contribution in [2.45, 2.75) is 26.2 Å². The zero-order chi connectivity index (χ0) is 18.6. The molecule has 0 saturated heterocycles. The van der Waals surface area contributed by atoms with Crippen LogP contribution >= 0.6 is 7.14 Å². The van der Waals surface area contributed by atoms with E-state index >= 15 is 0 Å². The van der Waals surface area contributed by atoms with Gasteiger partial charge in [-0.05, 0) is 17.9 Å². The molecular weight excluding hydrogens is 339 g/mol. The van der Waals surface area contributed by atoms with Crippen LogP contribution in [0.5, 0.6) is 0 Å². The van der Waals surface area contributed by atoms with Gasteiger partial charge in [-0.25, -0.2) is 0 Å². The largest absolute Gasteiger partial charge is 0.305 e. The lowest BCUT2D eigenvalue weighted by Crippen LogP contribution is -2.22. The van der Waals surface area contributed by atoms with E-state index in [1.54, 1.807) is 24.3 Å². The Hall–Kier alpha value is -2.44. The minimum absolute atomic E-state index is 0.314. The number of carbonyl (C=O) groups excluding carboxylic acids is 1. The number of carbonyl (C=O) groups is 1. The fraction of sp³-hybridized carbons (Fsp3) is 0.174. The lowest BCUT2D eigenvalue weighted by molar-refractivity contribution is 0.107. The third kappa shape index (κ3) is 3.43. The number of hydrogen-bond acceptors (Lipinski definition) is 2. The van der Waals surface area contributed by atoms with Crippen molar-refractivity contribution in [1.82, 2.24) is 0 Å². The lowest BCUT2D eigenvalue weighted by Gasteiger charge is -2.18. The van der Waals surface area contributed by atoms with Crippen molar-refractivity contribution < 1.29 is 9.36 Å². The monoisotopic (exact) mass is 362 g/mol. The highest BCUT2D eigenvalue weighted by molar-refractivity contribution is 7.93. The average molecular weight is 362 g/mol. The first-order valence-corrected chi connectivity index (χ1v) is 10.6. The van der Waals surface area contributed by atoms with Crippen LogP contribution in [-0.4, -0.2) is 5.52 Å². The topological polar surface area (TPSA) is 34.1 Å². The van der Waals surface area contributed by atoms with Crippen molar-refractivity contribution in [3.63, 3.8) is 0 Å². The zero-order valence-corrected chi connectivity index (χ0v) is 16.0. The highest BCUT2D eigenvalue weighted by atomic mass is 31.2. The summed E-state index contributed by atoms with van der Waals surface area (Å²) in [6, 6.07) is 25.7. The standard InChI is InChI=1S/C23H23O2P/c1-3-18(2)19-14-16-20(17-15-19)23(24)26(25,21-10-6-4-7-11-21)22-12-8-5-9-13-22/h4-18H,3H2,1-2H3. The minimum atomic E-state index is -3.42. The van der Waals surface area contributed by atoms with Crippen molar-refractivity contribution in [2.24, 2.45) is 0 Å². The third-order valence-corrected chi connectivity index (χ3v) is 7.75. The predicted molar refractivity (Wildman–Crippen MR) is 109 cm³/mol. The van der Waals surface area contributed by atoms with Crippen LogP contribution in [0.1, 0.15) is 42.1 Å². The molecule has 0 aromatic heterocycles. The van der Waals surface area contributed by atoms with Crippen molar-refractivity contribution >= 4 is 23.3 Å². The second-order valence-corrected chi connectivity index (χ2v) is 9.17. The minimum Gasteiger partial charge on any atom is -0.305 e. The molecule has 0 heterocycles. The summed E-state index contributed by atoms with van der Waals surface area (Å²) in [5.74, 6) is 0.439. The van der Waals surface area contributed by atoms with Crippen LogP contribution in [0, 0.1) is 0 Å². The molecule has 1 atom stereocenters. The Morgan fingerprint density at radius 1 is 0.808 bits per heavy atom. The molecule has 0 N–H and O–H groups in total. The van der Waals surface area contributed by atoms with Gasteiger partial charge in [0.2, 0.25) is 12.7 Å². The Balaban J connectivity index is 2.08. The predicted octanol–water partition coefficient (Wildman–Crippen LogP) is 5.35. The van der Waals surface area contributed by atoms with E-state index in [9.17, 15) is 9.36 Å². The van der Waals surface area contributed by atoms with Crippen LogP contribution in [0.15, 0.2) is 84.9 Å². The second kappa shape index (κ2) is 7.85. The van der Waals surface area contributed by atoms with E-state index in [-0.39, 0.29) is 5.52 Å². The van der Waals surface area contributed by atoms with Crippen molar-refractivity contribution in [2.75, 3.05) is 0 Å². The van der Waals surface area contributed by atoms with Crippen molar-refractivity contribution in [1.29, 1.82) is 0 Å². The van der Waals surface area contributed by atoms with E-state index in [4.69, 9.17) is 0 Å². The third-order valence-electron chi connectivity index (χ3n) is 4.86. The maximum absolute atomic E-state index is 14.0. The van der Waals surface area contributed by atoms with Gasteiger partial charge < -0.3 is 4.57 Å². The van der Waals surface area contributed by atoms with Gasteiger partial charge in [-0.3, -0.25) is 4.79 Å². The van der Waals surface area contributed by atoms with Crippen LogP contribution in [-0.2, 0) is 4.57 Å². The normalized spacial score (nSPS) is 12.5. The highest BCUT2D eigenvalue weighted by Gasteiger charge is 2.36. The molecule has 26 heavy (non-hydrogen) atoms. The maximum Gasteiger partial charge on any atom is 0.230 e. The number of hydrogen-bond donors (Lipinski definition) is 0. The van der Waals surface area contributed by atoms with Crippen LogP contribution in [0.3, 0.4) is 0 Å². The molecule has 0 aliphatic heterocycles. The van der Waals surface area contributed by atoms with Crippen LogP contribution in [0.2, 0.25) is 0 Å². The van der Waals surface area contributed by atoms with Gasteiger partial charge >= 0.3 is 0 Å². The Labute approximate surface area is 155 Å². The maximum atomic E-state index is 14.0. The SMILES string of the molecule is CCC(C)c1ccc(C(=O)P(=O)(c2ccccc2)c2ccccc2)cc1. The van der Waals surface area contributed by atoms with E-state index in [0.717, 1.165) is 6.42 Å². The Morgan fingerprint density at radius 2 is 1.27 bits per heavy atom. The van der Waals surface area contributed by atoms with Gasteiger partial charge in [0.05, 0.1) is 0 Å². The van der Waals surface area contributed by atoms with E-state index in [1.807, 2.05) is 60.7 Å². The van der Waals surface area contributed by atoms with Gasteiger partial charge in [0.1, 0.15) is 0 Å². The molecule has 0 radical (unpaired) electrons. The lowest BCUT2D eigenvalue weighted by atomic mass is 9.98. The molecule has 3 rings (SSSR count). The van der Waals surface area contributed by atoms with Crippen molar-refractivity contribution in [3.05, 3.63) is 96.1 Å². The van der Waals surface area contributed by atoms with E-state index in [0.29, 0.717) is 22.1 Å². The molecule has 3 aromatic carbocycles. The average Bonchev–Trinajstić information content (AvgIpc) is 2.73. The molecular formula is C23H23O2P. The van der Waals surface area contributed by atoms with Crippen molar-refractivity contribution in [3.8, 4) is 0 Å². The van der Waals surface area contributed by atoms with Gasteiger partial charge in [0.25, 0.3) is 0 Å². The smallest absolute Gasteiger partial charge is 0.230 e. The summed E-state index contributed by atoms with van der Waals surface area (Å²) in [5, 5.41) is 1.14. The molecule has 1 unspecified atom stereocenters. The summed E-state index contributed by atoms with van der Waals surface area (Å²) in [6.45, 7) is 4.30. The molecule has 3 aromatic rings. The summed E-state index contributed by atoms with van der Waals surface area (Å²) in [4.78, 5) is 13.4. The molecule has 3 heteroatoms. The molecule has 0 bridgehead atoms. The first kappa shape index (κ1) is 18.4. The number of rotatable bonds is 6. The number of benzene rings is 3. The zero-order valence-electron chi connectivity index (χ0n) is 15.1. The molecule has 132 valence electrons. The van der Waals surface area contributed by atoms with E-state index in [2.05, 4.69) is 13.8 Å². The molecule has 0 aliphatic rings. The van der Waals surface area contributed by atoms with Gasteiger partial charge in [-0.15, -0.1) is 0 Å². The molecule has 0 aliphatic carbocycles. The second-order valence-electron chi connectivity index (χ2n) is 6.52. The van der Waals surface area contributed by atoms with Crippen LogP contribution < -0.4 is 10.6 Å². The summed E-state index contributed by atoms with van der Waals surface area (Å²) in [7, 11) is -3.42. The van der Waals surface area contributed by atoms with Gasteiger partial charge in [-0.2, -0.15) is 0 Å². The molecule has 0 amide bonds. The first-order chi connectivity index (χ1) is 12.6. The van der Waals surface area contributed by atoms with Gasteiger partial charge in [0, 0.05) is 16.2 Å². The Morgan fingerprint density at radius 3 is 1.69 bits per heavy atom. The quantitative estimate of drug-likeness (QED) is 0.554. The molecule has 0 fully saturated rings. The fourth-order valence-electron chi connectivity index (χ4n) is 3.03. The fourth-order valence-corrected chi connectivity index (χ4v) is 5.49. The summed E-state index contributed by atoms with van der Waals surface area (Å²) in [5.41, 5.74) is 1.37. The van der Waals surface area contributed by atoms with Gasteiger partial charge in [-0.1, -0.05) is 98.8 Å². The van der Waals surface area contributed by atoms with Crippen LogP contribution in [0.4, 0.5) is 0 Å². The molecule has 0 saturated carbocycles. The van der Waals surface area contributed by atoms with Gasteiger partial charge in [0.15, 0.2) is 0 Å². The summed E-state index contributed by atoms with van der Waals surface area (Å²) >= 11 is 0. The molecule has 0 spiro atoms. The molecule has 2 nitrogen and oxygen atoms in total. The summed E-state index contributed by atoms with van der Waals surface area (Å²) in [6.07, 6.45) is 1.04. The van der Waals surface area contributed by atoms with E-state index in [1.165, 1.54) is 5.56 Å². The summed E-state index contributed by atoms with van der Waals surface area (Å²) < 4.78 is 14.0. The Kier molecular flexibility index (Phi) is 5.54. The van der Waals surface area contributed by atoms with Crippen LogP contribution in [0.25, 0.3) is 0 Å². The Bertz CT molecular complexity index is 872.